The van der Waals surface area contributed by atoms with Gasteiger partial charge >= 0.3 is 12.0 Å². The van der Waals surface area contributed by atoms with E-state index in [2.05, 4.69) is 10.6 Å². The zero-order chi connectivity index (χ0) is 14.5. The van der Waals surface area contributed by atoms with E-state index in [0.717, 1.165) is 25.7 Å². The highest BCUT2D eigenvalue weighted by molar-refractivity contribution is 5.86. The van der Waals surface area contributed by atoms with Crippen LogP contribution in [0.3, 0.4) is 0 Å². The number of carboxylic acids is 1. The highest BCUT2D eigenvalue weighted by Gasteiger charge is 2.48. The fraction of sp³-hybridized carbons (Fsp3) is 0.846. The summed E-state index contributed by atoms with van der Waals surface area (Å²) in [5, 5.41) is 14.6. The number of urea groups is 1. The van der Waals surface area contributed by atoms with Crippen molar-refractivity contribution < 1.29 is 19.4 Å². The average molecular weight is 272 g/mol. The Morgan fingerprint density at radius 2 is 2.11 bits per heavy atom. The van der Waals surface area contributed by atoms with Crippen molar-refractivity contribution in [3.63, 3.8) is 0 Å². The largest absolute Gasteiger partial charge is 0.480 e. The van der Waals surface area contributed by atoms with E-state index in [4.69, 9.17) is 4.74 Å². The van der Waals surface area contributed by atoms with Crippen LogP contribution in [0.4, 0.5) is 4.79 Å². The Labute approximate surface area is 113 Å². The number of nitrogens with one attached hydrogen (secondary N) is 2. The van der Waals surface area contributed by atoms with Crippen molar-refractivity contribution in [1.29, 1.82) is 0 Å². The molecule has 2 unspecified atom stereocenters. The average Bonchev–Trinajstić information content (AvgIpc) is 3.12. The molecule has 1 aliphatic carbocycles. The lowest BCUT2D eigenvalue weighted by Crippen LogP contribution is -2.58. The van der Waals surface area contributed by atoms with Gasteiger partial charge in [0.15, 0.2) is 0 Å². The summed E-state index contributed by atoms with van der Waals surface area (Å²) in [7, 11) is 1.58. The fourth-order valence-electron chi connectivity index (χ4n) is 2.19. The maximum Gasteiger partial charge on any atom is 0.329 e. The molecule has 6 nitrogen and oxygen atoms in total. The third-order valence-electron chi connectivity index (χ3n) is 3.55. The third-order valence-corrected chi connectivity index (χ3v) is 3.55. The summed E-state index contributed by atoms with van der Waals surface area (Å²) in [5.74, 6) is -0.952. The number of carbonyl (C=O) groups is 2. The lowest BCUT2D eigenvalue weighted by molar-refractivity contribution is -0.144. The summed E-state index contributed by atoms with van der Waals surface area (Å²) < 4.78 is 5.04. The second kappa shape index (κ2) is 6.75. The summed E-state index contributed by atoms with van der Waals surface area (Å²) in [6, 6.07) is -0.528. The van der Waals surface area contributed by atoms with E-state index in [0.29, 0.717) is 6.61 Å². The molecule has 0 aromatic rings. The van der Waals surface area contributed by atoms with Gasteiger partial charge in [-0.05, 0) is 32.1 Å². The van der Waals surface area contributed by atoms with Gasteiger partial charge < -0.3 is 20.5 Å². The molecule has 0 heterocycles. The van der Waals surface area contributed by atoms with Crippen molar-refractivity contribution in [2.45, 2.75) is 51.1 Å². The van der Waals surface area contributed by atoms with Crippen LogP contribution in [0.2, 0.25) is 0 Å². The number of aliphatic carboxylic acids is 1. The van der Waals surface area contributed by atoms with Gasteiger partial charge in [-0.3, -0.25) is 0 Å². The van der Waals surface area contributed by atoms with Crippen LogP contribution in [-0.4, -0.2) is 42.4 Å². The zero-order valence-electron chi connectivity index (χ0n) is 11.9. The van der Waals surface area contributed by atoms with E-state index in [1.165, 1.54) is 0 Å². The lowest BCUT2D eigenvalue weighted by atomic mass is 9.96. The maximum atomic E-state index is 11.9. The number of hydrogen-bond acceptors (Lipinski definition) is 3. The quantitative estimate of drug-likeness (QED) is 0.622. The van der Waals surface area contributed by atoms with E-state index in [1.807, 2.05) is 6.92 Å². The van der Waals surface area contributed by atoms with Crippen LogP contribution in [0.25, 0.3) is 0 Å². The van der Waals surface area contributed by atoms with Crippen molar-refractivity contribution in [2.24, 2.45) is 5.92 Å². The van der Waals surface area contributed by atoms with Gasteiger partial charge in [0.2, 0.25) is 0 Å². The number of methoxy groups -OCH3 is 1. The van der Waals surface area contributed by atoms with E-state index >= 15 is 0 Å². The van der Waals surface area contributed by atoms with Gasteiger partial charge in [0.05, 0.1) is 12.6 Å². The summed E-state index contributed by atoms with van der Waals surface area (Å²) in [5.41, 5.74) is -1.17. The molecule has 2 amide bonds. The molecule has 0 aromatic carbocycles. The predicted molar refractivity (Wildman–Crippen MR) is 71.0 cm³/mol. The van der Waals surface area contributed by atoms with Crippen LogP contribution in [-0.2, 0) is 9.53 Å². The summed E-state index contributed by atoms with van der Waals surface area (Å²) in [4.78, 5) is 23.2. The molecule has 0 saturated heterocycles. The standard InChI is InChI=1S/C13H24N2O4/c1-4-5-10(8-19-3)14-12(18)15-13(2,11(16)17)9-6-7-9/h9-10H,4-8H2,1-3H3,(H,16,17)(H2,14,15,18). The minimum atomic E-state index is -1.17. The van der Waals surface area contributed by atoms with Crippen LogP contribution in [0, 0.1) is 5.92 Å². The van der Waals surface area contributed by atoms with Crippen molar-refractivity contribution in [3.8, 4) is 0 Å². The topological polar surface area (TPSA) is 87.7 Å². The molecule has 19 heavy (non-hydrogen) atoms. The van der Waals surface area contributed by atoms with Crippen LogP contribution < -0.4 is 10.6 Å². The SMILES string of the molecule is CCCC(COC)NC(=O)NC(C)(C(=O)O)C1CC1. The number of carboxylic acid groups (broad SMARTS) is 1. The highest BCUT2D eigenvalue weighted by atomic mass is 16.5. The smallest absolute Gasteiger partial charge is 0.329 e. The van der Waals surface area contributed by atoms with Crippen molar-refractivity contribution in [3.05, 3.63) is 0 Å². The van der Waals surface area contributed by atoms with E-state index in [1.54, 1.807) is 14.0 Å². The molecule has 0 aliphatic heterocycles. The molecule has 0 bridgehead atoms. The van der Waals surface area contributed by atoms with E-state index in [-0.39, 0.29) is 12.0 Å². The van der Waals surface area contributed by atoms with Gasteiger partial charge in [-0.25, -0.2) is 9.59 Å². The molecule has 3 N–H and O–H groups in total. The van der Waals surface area contributed by atoms with Crippen molar-refractivity contribution >= 4 is 12.0 Å². The van der Waals surface area contributed by atoms with Gasteiger partial charge in [0.25, 0.3) is 0 Å². The molecule has 2 atom stereocenters. The summed E-state index contributed by atoms with van der Waals surface area (Å²) in [6.07, 6.45) is 3.42. The Morgan fingerprint density at radius 3 is 2.53 bits per heavy atom. The van der Waals surface area contributed by atoms with Gasteiger partial charge in [0.1, 0.15) is 5.54 Å². The maximum absolute atomic E-state index is 11.9. The minimum absolute atomic E-state index is 0.0304. The molecule has 1 saturated carbocycles. The first-order valence-electron chi connectivity index (χ1n) is 6.75. The zero-order valence-corrected chi connectivity index (χ0v) is 11.9. The second-order valence-electron chi connectivity index (χ2n) is 5.32. The number of hydrogen-bond donors (Lipinski definition) is 3. The Balaban J connectivity index is 2.54. The Kier molecular flexibility index (Phi) is 5.60. The Morgan fingerprint density at radius 1 is 1.47 bits per heavy atom. The molecule has 0 spiro atoms. The Bertz CT molecular complexity index is 325. The van der Waals surface area contributed by atoms with Crippen LogP contribution >= 0.6 is 0 Å². The van der Waals surface area contributed by atoms with E-state index in [9.17, 15) is 14.7 Å². The predicted octanol–water partition coefficient (Wildman–Crippen LogP) is 1.35. The number of amides is 2. The van der Waals surface area contributed by atoms with Gasteiger partial charge in [-0.2, -0.15) is 0 Å². The molecule has 1 fully saturated rings. The number of carbonyl (C=O) groups excluding carboxylic acids is 1. The van der Waals surface area contributed by atoms with Crippen LogP contribution in [0.15, 0.2) is 0 Å². The first kappa shape index (κ1) is 15.8. The highest BCUT2D eigenvalue weighted by Crippen LogP contribution is 2.39. The summed E-state index contributed by atoms with van der Waals surface area (Å²) in [6.45, 7) is 4.01. The van der Waals surface area contributed by atoms with Gasteiger partial charge in [-0.1, -0.05) is 13.3 Å². The first-order chi connectivity index (χ1) is 8.93. The molecule has 0 radical (unpaired) electrons. The molecule has 1 aliphatic rings. The van der Waals surface area contributed by atoms with Crippen LogP contribution in [0.5, 0.6) is 0 Å². The molecule has 0 aromatic heterocycles. The summed E-state index contributed by atoms with van der Waals surface area (Å²) >= 11 is 0. The molecule has 1 rings (SSSR count). The monoisotopic (exact) mass is 272 g/mol. The molecule has 6 heteroatoms. The second-order valence-corrected chi connectivity index (χ2v) is 5.32. The molecular formula is C13H24N2O4. The van der Waals surface area contributed by atoms with Gasteiger partial charge in [-0.15, -0.1) is 0 Å². The normalized spacial score (nSPS) is 19.3. The number of rotatable bonds is 8. The molecular weight excluding hydrogens is 248 g/mol. The molecule has 110 valence electrons. The Hall–Kier alpha value is -1.30. The van der Waals surface area contributed by atoms with Crippen LogP contribution in [0.1, 0.15) is 39.5 Å². The van der Waals surface area contributed by atoms with Gasteiger partial charge in [0, 0.05) is 7.11 Å². The fourth-order valence-corrected chi connectivity index (χ4v) is 2.19. The lowest BCUT2D eigenvalue weighted by Gasteiger charge is -2.27. The van der Waals surface area contributed by atoms with Crippen molar-refractivity contribution in [2.75, 3.05) is 13.7 Å². The van der Waals surface area contributed by atoms with Crippen molar-refractivity contribution in [1.82, 2.24) is 10.6 Å². The van der Waals surface area contributed by atoms with E-state index < -0.39 is 17.5 Å². The third kappa shape index (κ3) is 4.38. The number of ether oxygens (including phenoxy) is 1. The first-order valence-corrected chi connectivity index (χ1v) is 6.75. The minimum Gasteiger partial charge on any atom is -0.480 e.